The number of aromatic nitrogens is 2. The van der Waals surface area contributed by atoms with Gasteiger partial charge in [0.05, 0.1) is 16.8 Å². The summed E-state index contributed by atoms with van der Waals surface area (Å²) in [5, 5.41) is 5.29. The third-order valence-corrected chi connectivity index (χ3v) is 5.89. The highest BCUT2D eigenvalue weighted by Crippen LogP contribution is 2.36. The number of carbonyl (C=O) groups excluding carboxylic acids is 1. The zero-order chi connectivity index (χ0) is 14.3. The van der Waals surface area contributed by atoms with Crippen LogP contribution in [0.4, 0.5) is 5.69 Å². The van der Waals surface area contributed by atoms with Crippen molar-refractivity contribution in [2.24, 2.45) is 7.05 Å². The van der Waals surface area contributed by atoms with Crippen molar-refractivity contribution in [1.82, 2.24) is 14.7 Å². The SMILES string of the molecule is Cc1nn(C)c2sc(C(=O)N3CCCSCC3)c(N)c12. The molecule has 1 saturated heterocycles. The first-order valence-electron chi connectivity index (χ1n) is 6.68. The lowest BCUT2D eigenvalue weighted by atomic mass is 10.2. The van der Waals surface area contributed by atoms with E-state index in [1.807, 2.05) is 30.6 Å². The molecule has 0 spiro atoms. The number of thiophene rings is 1. The summed E-state index contributed by atoms with van der Waals surface area (Å²) in [5.41, 5.74) is 7.69. The molecule has 1 amide bonds. The number of fused-ring (bicyclic) bond motifs is 1. The first-order chi connectivity index (χ1) is 9.59. The van der Waals surface area contributed by atoms with E-state index in [1.54, 1.807) is 4.68 Å². The normalized spacial score (nSPS) is 16.6. The van der Waals surface area contributed by atoms with Gasteiger partial charge in [-0.15, -0.1) is 11.3 Å². The van der Waals surface area contributed by atoms with Gasteiger partial charge in [-0.2, -0.15) is 16.9 Å². The molecule has 0 unspecified atom stereocenters. The maximum Gasteiger partial charge on any atom is 0.266 e. The fraction of sp³-hybridized carbons (Fsp3) is 0.538. The average Bonchev–Trinajstić information content (AvgIpc) is 2.76. The van der Waals surface area contributed by atoms with Gasteiger partial charge in [0.2, 0.25) is 0 Å². The lowest BCUT2D eigenvalue weighted by Gasteiger charge is -2.19. The van der Waals surface area contributed by atoms with Crippen molar-refractivity contribution < 1.29 is 4.79 Å². The summed E-state index contributed by atoms with van der Waals surface area (Å²) in [6, 6.07) is 0. The molecule has 2 aromatic rings. The van der Waals surface area contributed by atoms with Crippen LogP contribution in [-0.4, -0.2) is 45.2 Å². The lowest BCUT2D eigenvalue weighted by molar-refractivity contribution is 0.0774. The van der Waals surface area contributed by atoms with Crippen molar-refractivity contribution in [2.75, 3.05) is 30.3 Å². The Hall–Kier alpha value is -1.21. The van der Waals surface area contributed by atoms with Crippen molar-refractivity contribution in [3.63, 3.8) is 0 Å². The van der Waals surface area contributed by atoms with Gasteiger partial charge in [0, 0.05) is 25.9 Å². The van der Waals surface area contributed by atoms with Crippen LogP contribution in [0.25, 0.3) is 10.2 Å². The van der Waals surface area contributed by atoms with E-state index in [1.165, 1.54) is 11.3 Å². The first-order valence-corrected chi connectivity index (χ1v) is 8.65. The predicted molar refractivity (Wildman–Crippen MR) is 85.6 cm³/mol. The minimum Gasteiger partial charge on any atom is -0.397 e. The lowest BCUT2D eigenvalue weighted by Crippen LogP contribution is -2.32. The van der Waals surface area contributed by atoms with Gasteiger partial charge in [0.15, 0.2) is 0 Å². The molecule has 3 heterocycles. The van der Waals surface area contributed by atoms with Gasteiger partial charge in [-0.3, -0.25) is 9.48 Å². The molecule has 2 N–H and O–H groups in total. The molecule has 1 aliphatic heterocycles. The minimum absolute atomic E-state index is 0.0746. The Morgan fingerprint density at radius 2 is 2.15 bits per heavy atom. The number of thioether (sulfide) groups is 1. The standard InChI is InChI=1S/C13H18N4OS2/c1-8-9-10(14)11(20-13(9)16(2)15-8)12(18)17-4-3-6-19-7-5-17/h3-7,14H2,1-2H3. The van der Waals surface area contributed by atoms with Gasteiger partial charge in [0.1, 0.15) is 9.71 Å². The van der Waals surface area contributed by atoms with Crippen molar-refractivity contribution in [3.8, 4) is 0 Å². The summed E-state index contributed by atoms with van der Waals surface area (Å²) in [7, 11) is 1.89. The topological polar surface area (TPSA) is 64.2 Å². The summed E-state index contributed by atoms with van der Waals surface area (Å²) >= 11 is 3.37. The van der Waals surface area contributed by atoms with Crippen molar-refractivity contribution in [2.45, 2.75) is 13.3 Å². The number of nitrogen functional groups attached to an aromatic ring is 1. The Bertz CT molecular complexity index is 653. The molecule has 7 heteroatoms. The monoisotopic (exact) mass is 310 g/mol. The van der Waals surface area contributed by atoms with Crippen LogP contribution >= 0.6 is 23.1 Å². The number of rotatable bonds is 1. The van der Waals surface area contributed by atoms with Gasteiger partial charge < -0.3 is 10.6 Å². The molecule has 0 atom stereocenters. The minimum atomic E-state index is 0.0746. The molecule has 1 aliphatic rings. The van der Waals surface area contributed by atoms with Crippen molar-refractivity contribution in [3.05, 3.63) is 10.6 Å². The number of anilines is 1. The highest BCUT2D eigenvalue weighted by atomic mass is 32.2. The van der Waals surface area contributed by atoms with Gasteiger partial charge in [-0.1, -0.05) is 0 Å². The zero-order valence-corrected chi connectivity index (χ0v) is 13.3. The second kappa shape index (κ2) is 5.29. The Balaban J connectivity index is 1.99. The van der Waals surface area contributed by atoms with Crippen LogP contribution in [0.3, 0.4) is 0 Å². The number of hydrogen-bond donors (Lipinski definition) is 1. The molecule has 2 aromatic heterocycles. The van der Waals surface area contributed by atoms with Crippen molar-refractivity contribution >= 4 is 44.9 Å². The van der Waals surface area contributed by atoms with E-state index in [0.29, 0.717) is 10.6 Å². The summed E-state index contributed by atoms with van der Waals surface area (Å²) in [6.07, 6.45) is 1.06. The van der Waals surface area contributed by atoms with Crippen LogP contribution < -0.4 is 5.73 Å². The molecular weight excluding hydrogens is 292 g/mol. The van der Waals surface area contributed by atoms with E-state index in [9.17, 15) is 4.79 Å². The molecule has 0 radical (unpaired) electrons. The van der Waals surface area contributed by atoms with Crippen LogP contribution in [0.5, 0.6) is 0 Å². The second-order valence-electron chi connectivity index (χ2n) is 4.99. The molecule has 0 aliphatic carbocycles. The third-order valence-electron chi connectivity index (χ3n) is 3.59. The molecule has 0 aromatic carbocycles. The van der Waals surface area contributed by atoms with Gasteiger partial charge >= 0.3 is 0 Å². The van der Waals surface area contributed by atoms with E-state index < -0.39 is 0 Å². The van der Waals surface area contributed by atoms with Crippen molar-refractivity contribution in [1.29, 1.82) is 0 Å². The fourth-order valence-corrected chi connectivity index (χ4v) is 4.62. The first kappa shape index (κ1) is 13.8. The molecule has 5 nitrogen and oxygen atoms in total. The maximum atomic E-state index is 12.7. The largest absolute Gasteiger partial charge is 0.397 e. The summed E-state index contributed by atoms with van der Waals surface area (Å²) in [4.78, 5) is 16.3. The van der Waals surface area contributed by atoms with Crippen LogP contribution in [-0.2, 0) is 7.05 Å². The molecule has 1 fully saturated rings. The van der Waals surface area contributed by atoms with E-state index >= 15 is 0 Å². The molecule has 0 bridgehead atoms. The summed E-state index contributed by atoms with van der Waals surface area (Å²) in [5.74, 6) is 2.22. The fourth-order valence-electron chi connectivity index (χ4n) is 2.58. The smallest absolute Gasteiger partial charge is 0.266 e. The third kappa shape index (κ3) is 2.18. The zero-order valence-electron chi connectivity index (χ0n) is 11.7. The molecular formula is C13H18N4OS2. The van der Waals surface area contributed by atoms with Gasteiger partial charge in [-0.25, -0.2) is 0 Å². The van der Waals surface area contributed by atoms with E-state index in [-0.39, 0.29) is 5.91 Å². The number of hydrogen-bond acceptors (Lipinski definition) is 5. The Labute approximate surface area is 126 Å². The molecule has 108 valence electrons. The Kier molecular flexibility index (Phi) is 3.64. The number of carbonyl (C=O) groups is 1. The van der Waals surface area contributed by atoms with Gasteiger partial charge in [-0.05, 0) is 19.1 Å². The predicted octanol–water partition coefficient (Wildman–Crippen LogP) is 2.10. The quantitative estimate of drug-likeness (QED) is 0.876. The van der Waals surface area contributed by atoms with Crippen LogP contribution in [0.1, 0.15) is 21.8 Å². The number of nitrogens with two attached hydrogens (primary N) is 1. The van der Waals surface area contributed by atoms with E-state index in [0.717, 1.165) is 46.9 Å². The highest BCUT2D eigenvalue weighted by molar-refractivity contribution is 7.99. The summed E-state index contributed by atoms with van der Waals surface area (Å²) in [6.45, 7) is 3.58. The van der Waals surface area contributed by atoms with Crippen LogP contribution in [0.2, 0.25) is 0 Å². The average molecular weight is 310 g/mol. The second-order valence-corrected chi connectivity index (χ2v) is 7.22. The number of nitrogens with zero attached hydrogens (tertiary/aromatic N) is 3. The van der Waals surface area contributed by atoms with Gasteiger partial charge in [0.25, 0.3) is 5.91 Å². The van der Waals surface area contributed by atoms with E-state index in [4.69, 9.17) is 5.73 Å². The number of amides is 1. The summed E-state index contributed by atoms with van der Waals surface area (Å²) < 4.78 is 1.81. The Morgan fingerprint density at radius 3 is 2.90 bits per heavy atom. The number of aryl methyl sites for hydroxylation is 2. The van der Waals surface area contributed by atoms with Crippen LogP contribution in [0.15, 0.2) is 0 Å². The molecule has 20 heavy (non-hydrogen) atoms. The molecule has 3 rings (SSSR count). The Morgan fingerprint density at radius 1 is 1.35 bits per heavy atom. The maximum absolute atomic E-state index is 12.7. The molecule has 0 saturated carbocycles. The van der Waals surface area contributed by atoms with Crippen LogP contribution in [0, 0.1) is 6.92 Å². The van der Waals surface area contributed by atoms with E-state index in [2.05, 4.69) is 5.10 Å². The highest BCUT2D eigenvalue weighted by Gasteiger charge is 2.25.